The molecule has 1 fully saturated rings. The molecule has 1 saturated heterocycles. The molecule has 28 heavy (non-hydrogen) atoms. The maximum Gasteiger partial charge on any atom is 0.338 e. The number of carbonyl (C=O) groups is 2. The first-order chi connectivity index (χ1) is 13.6. The van der Waals surface area contributed by atoms with Gasteiger partial charge in [-0.2, -0.15) is 5.10 Å². The van der Waals surface area contributed by atoms with Crippen molar-refractivity contribution in [1.82, 2.24) is 14.7 Å². The van der Waals surface area contributed by atoms with Crippen LogP contribution >= 0.6 is 0 Å². The van der Waals surface area contributed by atoms with Crippen LogP contribution in [0.25, 0.3) is 0 Å². The van der Waals surface area contributed by atoms with Crippen LogP contribution in [0.3, 0.4) is 0 Å². The van der Waals surface area contributed by atoms with E-state index in [4.69, 9.17) is 14.6 Å². The van der Waals surface area contributed by atoms with E-state index >= 15 is 0 Å². The van der Waals surface area contributed by atoms with E-state index in [1.165, 1.54) is 6.20 Å². The number of carboxylic acids is 1. The average molecular weight is 387 g/mol. The van der Waals surface area contributed by atoms with Gasteiger partial charge in [0.15, 0.2) is 0 Å². The average Bonchev–Trinajstić information content (AvgIpc) is 3.22. The van der Waals surface area contributed by atoms with E-state index in [0.717, 1.165) is 12.8 Å². The number of para-hydroxylation sites is 1. The first-order valence-corrected chi connectivity index (χ1v) is 9.46. The Morgan fingerprint density at radius 1 is 1.21 bits per heavy atom. The van der Waals surface area contributed by atoms with Gasteiger partial charge in [-0.05, 0) is 31.9 Å². The number of benzene rings is 1. The Balaban J connectivity index is 1.59. The summed E-state index contributed by atoms with van der Waals surface area (Å²) in [5.41, 5.74) is 0.723. The summed E-state index contributed by atoms with van der Waals surface area (Å²) in [6.45, 7) is 4.59. The number of carbonyl (C=O) groups excluding carboxylic acids is 1. The highest BCUT2D eigenvalue weighted by atomic mass is 16.5. The van der Waals surface area contributed by atoms with Crippen LogP contribution in [-0.4, -0.2) is 64.6 Å². The van der Waals surface area contributed by atoms with E-state index in [2.05, 4.69) is 5.10 Å². The van der Waals surface area contributed by atoms with Gasteiger partial charge in [0.1, 0.15) is 12.4 Å². The lowest BCUT2D eigenvalue weighted by Gasteiger charge is -2.32. The maximum atomic E-state index is 13.0. The molecular weight excluding hydrogens is 362 g/mol. The van der Waals surface area contributed by atoms with E-state index in [9.17, 15) is 9.59 Å². The molecule has 0 saturated carbocycles. The molecule has 0 spiro atoms. The van der Waals surface area contributed by atoms with Crippen LogP contribution in [-0.2, 0) is 4.74 Å². The van der Waals surface area contributed by atoms with Gasteiger partial charge in [0.25, 0.3) is 5.91 Å². The van der Waals surface area contributed by atoms with Gasteiger partial charge >= 0.3 is 5.97 Å². The van der Waals surface area contributed by atoms with E-state index in [1.807, 2.05) is 24.0 Å². The quantitative estimate of drug-likeness (QED) is 0.700. The van der Waals surface area contributed by atoms with Gasteiger partial charge in [0.05, 0.1) is 30.0 Å². The summed E-state index contributed by atoms with van der Waals surface area (Å²) in [6, 6.07) is 7.33. The first kappa shape index (κ1) is 19.9. The maximum absolute atomic E-state index is 13.0. The van der Waals surface area contributed by atoms with Crippen molar-refractivity contribution in [3.8, 4) is 5.75 Å². The summed E-state index contributed by atoms with van der Waals surface area (Å²) in [7, 11) is 0. The van der Waals surface area contributed by atoms with Crippen LogP contribution in [0.5, 0.6) is 5.75 Å². The van der Waals surface area contributed by atoms with Crippen molar-refractivity contribution in [2.45, 2.75) is 25.8 Å². The van der Waals surface area contributed by atoms with Crippen LogP contribution in [0.15, 0.2) is 36.7 Å². The molecule has 0 aliphatic carbocycles. The summed E-state index contributed by atoms with van der Waals surface area (Å²) in [4.78, 5) is 25.8. The number of aromatic nitrogens is 2. The van der Waals surface area contributed by atoms with Gasteiger partial charge in [-0.15, -0.1) is 0 Å². The number of nitrogens with zero attached hydrogens (tertiary/aromatic N) is 3. The zero-order valence-electron chi connectivity index (χ0n) is 15.9. The van der Waals surface area contributed by atoms with E-state index in [0.29, 0.717) is 44.2 Å². The molecule has 1 aliphatic heterocycles. The van der Waals surface area contributed by atoms with Crippen LogP contribution in [0.4, 0.5) is 0 Å². The van der Waals surface area contributed by atoms with Crippen molar-refractivity contribution in [2.24, 2.45) is 0 Å². The lowest BCUT2D eigenvalue weighted by atomic mass is 10.0. The van der Waals surface area contributed by atoms with Crippen LogP contribution in [0, 0.1) is 0 Å². The topological polar surface area (TPSA) is 93.9 Å². The Labute approximate surface area is 163 Å². The van der Waals surface area contributed by atoms with Gasteiger partial charge in [-0.1, -0.05) is 12.1 Å². The molecule has 8 nitrogen and oxygen atoms in total. The molecule has 8 heteroatoms. The minimum Gasteiger partial charge on any atom is -0.490 e. The van der Waals surface area contributed by atoms with Crippen LogP contribution in [0.1, 0.15) is 46.5 Å². The highest BCUT2D eigenvalue weighted by molar-refractivity contribution is 5.97. The molecule has 0 unspecified atom stereocenters. The van der Waals surface area contributed by atoms with Crippen molar-refractivity contribution in [3.05, 3.63) is 47.8 Å². The Morgan fingerprint density at radius 3 is 2.64 bits per heavy atom. The van der Waals surface area contributed by atoms with Crippen molar-refractivity contribution < 1.29 is 24.2 Å². The summed E-state index contributed by atoms with van der Waals surface area (Å²) >= 11 is 0. The minimum absolute atomic E-state index is 0.0582. The standard InChI is InChI=1S/C20H25N3O5/c1-2-27-11-12-28-18-6-4-3-5-17(18)19(24)22-9-7-16(8-10-22)23-14-15(13-21-23)20(25)26/h3-6,13-14,16H,2,7-12H2,1H3,(H,25,26). The fourth-order valence-corrected chi connectivity index (χ4v) is 3.28. The number of aromatic carboxylic acids is 1. The summed E-state index contributed by atoms with van der Waals surface area (Å²) in [5, 5.41) is 13.2. The predicted octanol–water partition coefficient (Wildman–Crippen LogP) is 2.47. The van der Waals surface area contributed by atoms with Gasteiger partial charge in [0, 0.05) is 25.9 Å². The molecule has 1 amide bonds. The van der Waals surface area contributed by atoms with Gasteiger partial charge in [-0.3, -0.25) is 9.48 Å². The number of ether oxygens (including phenoxy) is 2. The molecule has 2 aromatic rings. The Bertz CT molecular complexity index is 812. The fourth-order valence-electron chi connectivity index (χ4n) is 3.28. The summed E-state index contributed by atoms with van der Waals surface area (Å²) in [6.07, 6.45) is 4.35. The second-order valence-corrected chi connectivity index (χ2v) is 6.58. The number of piperidine rings is 1. The molecule has 1 aliphatic rings. The minimum atomic E-state index is -0.986. The van der Waals surface area contributed by atoms with Crippen LogP contribution in [0.2, 0.25) is 0 Å². The van der Waals surface area contributed by atoms with E-state index < -0.39 is 5.97 Å². The number of amides is 1. The molecule has 150 valence electrons. The van der Waals surface area contributed by atoms with Crippen LogP contribution < -0.4 is 4.74 Å². The second-order valence-electron chi connectivity index (χ2n) is 6.58. The highest BCUT2D eigenvalue weighted by Crippen LogP contribution is 2.26. The van der Waals surface area contributed by atoms with Gasteiger partial charge < -0.3 is 19.5 Å². The third kappa shape index (κ3) is 4.69. The molecule has 0 radical (unpaired) electrons. The third-order valence-electron chi connectivity index (χ3n) is 4.78. The number of rotatable bonds is 8. The smallest absolute Gasteiger partial charge is 0.338 e. The predicted molar refractivity (Wildman–Crippen MR) is 102 cm³/mol. The molecule has 1 aromatic heterocycles. The monoisotopic (exact) mass is 387 g/mol. The molecule has 2 heterocycles. The fraction of sp³-hybridized carbons (Fsp3) is 0.450. The van der Waals surface area contributed by atoms with Gasteiger partial charge in [0.2, 0.25) is 0 Å². The molecule has 3 rings (SSSR count). The van der Waals surface area contributed by atoms with Crippen molar-refractivity contribution in [1.29, 1.82) is 0 Å². The molecule has 0 bridgehead atoms. The zero-order chi connectivity index (χ0) is 19.9. The van der Waals surface area contributed by atoms with E-state index in [-0.39, 0.29) is 17.5 Å². The number of hydrogen-bond acceptors (Lipinski definition) is 5. The number of hydrogen-bond donors (Lipinski definition) is 1. The SMILES string of the molecule is CCOCCOc1ccccc1C(=O)N1CCC(n2cc(C(=O)O)cn2)CC1. The zero-order valence-corrected chi connectivity index (χ0v) is 15.9. The molecule has 0 atom stereocenters. The largest absolute Gasteiger partial charge is 0.490 e. The Morgan fingerprint density at radius 2 is 1.96 bits per heavy atom. The summed E-state index contributed by atoms with van der Waals surface area (Å²) < 4.78 is 12.7. The highest BCUT2D eigenvalue weighted by Gasteiger charge is 2.27. The van der Waals surface area contributed by atoms with Crippen molar-refractivity contribution in [3.63, 3.8) is 0 Å². The Kier molecular flexibility index (Phi) is 6.65. The van der Waals surface area contributed by atoms with Crippen molar-refractivity contribution >= 4 is 11.9 Å². The number of likely N-dealkylation sites (tertiary alicyclic amines) is 1. The Hall–Kier alpha value is -2.87. The normalized spacial score (nSPS) is 14.8. The number of carboxylic acid groups (broad SMARTS) is 1. The molecule has 1 N–H and O–H groups in total. The molecular formula is C20H25N3O5. The molecule has 1 aromatic carbocycles. The lowest BCUT2D eigenvalue weighted by molar-refractivity contribution is 0.0680. The first-order valence-electron chi connectivity index (χ1n) is 9.46. The lowest BCUT2D eigenvalue weighted by Crippen LogP contribution is -2.39. The summed E-state index contributed by atoms with van der Waals surface area (Å²) in [5.74, 6) is -0.482. The van der Waals surface area contributed by atoms with Crippen molar-refractivity contribution in [2.75, 3.05) is 32.9 Å². The second kappa shape index (κ2) is 9.36. The van der Waals surface area contributed by atoms with Gasteiger partial charge in [-0.25, -0.2) is 4.79 Å². The third-order valence-corrected chi connectivity index (χ3v) is 4.78. The van der Waals surface area contributed by atoms with E-state index in [1.54, 1.807) is 23.0 Å².